The van der Waals surface area contributed by atoms with Gasteiger partial charge in [0.2, 0.25) is 0 Å². The molecule has 0 unspecified atom stereocenters. The van der Waals surface area contributed by atoms with Crippen LogP contribution in [0.2, 0.25) is 0 Å². The SMILES string of the molecule is CCCCNc1cn2ncccc2n1. The maximum atomic E-state index is 4.37. The van der Waals surface area contributed by atoms with E-state index in [1.165, 1.54) is 12.8 Å². The Balaban J connectivity index is 2.11. The summed E-state index contributed by atoms with van der Waals surface area (Å²) in [5, 5.41) is 7.41. The molecule has 14 heavy (non-hydrogen) atoms. The van der Waals surface area contributed by atoms with Crippen LogP contribution in [-0.2, 0) is 0 Å². The van der Waals surface area contributed by atoms with Gasteiger partial charge < -0.3 is 5.32 Å². The molecule has 0 atom stereocenters. The molecule has 74 valence electrons. The van der Waals surface area contributed by atoms with Crippen LogP contribution in [0.15, 0.2) is 24.5 Å². The molecule has 0 spiro atoms. The van der Waals surface area contributed by atoms with Crippen LogP contribution in [0.1, 0.15) is 19.8 Å². The lowest BCUT2D eigenvalue weighted by atomic mass is 10.3. The van der Waals surface area contributed by atoms with E-state index in [1.54, 1.807) is 10.7 Å². The second kappa shape index (κ2) is 4.09. The summed E-state index contributed by atoms with van der Waals surface area (Å²) in [6, 6.07) is 3.83. The number of nitrogens with one attached hydrogen (secondary N) is 1. The Morgan fingerprint density at radius 3 is 3.21 bits per heavy atom. The molecule has 2 heterocycles. The van der Waals surface area contributed by atoms with Crippen molar-refractivity contribution < 1.29 is 0 Å². The van der Waals surface area contributed by atoms with E-state index < -0.39 is 0 Å². The van der Waals surface area contributed by atoms with Crippen LogP contribution >= 0.6 is 0 Å². The molecule has 4 heteroatoms. The largest absolute Gasteiger partial charge is 0.369 e. The van der Waals surface area contributed by atoms with Gasteiger partial charge in [-0.3, -0.25) is 0 Å². The average molecular weight is 190 g/mol. The van der Waals surface area contributed by atoms with Gasteiger partial charge in [0.1, 0.15) is 5.82 Å². The number of hydrogen-bond acceptors (Lipinski definition) is 3. The van der Waals surface area contributed by atoms with Crippen LogP contribution in [-0.4, -0.2) is 21.1 Å². The first-order valence-electron chi connectivity index (χ1n) is 4.94. The molecule has 2 aromatic heterocycles. The molecular weight excluding hydrogens is 176 g/mol. The Morgan fingerprint density at radius 2 is 2.43 bits per heavy atom. The van der Waals surface area contributed by atoms with E-state index >= 15 is 0 Å². The molecule has 0 aliphatic rings. The minimum absolute atomic E-state index is 0.881. The molecule has 0 bridgehead atoms. The van der Waals surface area contributed by atoms with Crippen molar-refractivity contribution >= 4 is 11.5 Å². The third-order valence-electron chi connectivity index (χ3n) is 2.07. The predicted octanol–water partition coefficient (Wildman–Crippen LogP) is 1.94. The minimum Gasteiger partial charge on any atom is -0.369 e. The Morgan fingerprint density at radius 1 is 1.50 bits per heavy atom. The molecule has 0 fully saturated rings. The van der Waals surface area contributed by atoms with E-state index in [2.05, 4.69) is 22.3 Å². The highest BCUT2D eigenvalue weighted by Gasteiger charge is 1.99. The standard InChI is InChI=1S/C10H14N4/c1-2-3-6-11-9-8-14-10(13-9)5-4-7-12-14/h4-5,7-8,11H,2-3,6H2,1H3. The van der Waals surface area contributed by atoms with E-state index in [9.17, 15) is 0 Å². The molecule has 1 N–H and O–H groups in total. The highest BCUT2D eigenvalue weighted by Crippen LogP contribution is 2.07. The zero-order valence-electron chi connectivity index (χ0n) is 8.27. The normalized spacial score (nSPS) is 10.6. The predicted molar refractivity (Wildman–Crippen MR) is 56.4 cm³/mol. The zero-order valence-corrected chi connectivity index (χ0v) is 8.27. The first-order valence-corrected chi connectivity index (χ1v) is 4.94. The van der Waals surface area contributed by atoms with Gasteiger partial charge >= 0.3 is 0 Å². The number of imidazole rings is 1. The van der Waals surface area contributed by atoms with E-state index in [4.69, 9.17) is 0 Å². The number of nitrogens with zero attached hydrogens (tertiary/aromatic N) is 3. The van der Waals surface area contributed by atoms with Crippen LogP contribution in [0.3, 0.4) is 0 Å². The molecule has 0 amide bonds. The Hall–Kier alpha value is -1.58. The summed E-state index contributed by atoms with van der Waals surface area (Å²) in [5.41, 5.74) is 0.881. The second-order valence-corrected chi connectivity index (χ2v) is 3.23. The second-order valence-electron chi connectivity index (χ2n) is 3.23. The summed E-state index contributed by atoms with van der Waals surface area (Å²) in [5.74, 6) is 0.900. The van der Waals surface area contributed by atoms with Crippen molar-refractivity contribution in [1.29, 1.82) is 0 Å². The summed E-state index contributed by atoms with van der Waals surface area (Å²) < 4.78 is 1.77. The first kappa shape index (κ1) is 8.99. The molecule has 0 saturated heterocycles. The van der Waals surface area contributed by atoms with Crippen molar-refractivity contribution in [2.45, 2.75) is 19.8 Å². The van der Waals surface area contributed by atoms with E-state index in [1.807, 2.05) is 18.3 Å². The number of hydrogen-bond donors (Lipinski definition) is 1. The topological polar surface area (TPSA) is 42.2 Å². The van der Waals surface area contributed by atoms with Crippen LogP contribution in [0.5, 0.6) is 0 Å². The van der Waals surface area contributed by atoms with Gasteiger partial charge in [-0.25, -0.2) is 9.50 Å². The first-order chi connectivity index (χ1) is 6.90. The van der Waals surface area contributed by atoms with Crippen molar-refractivity contribution in [1.82, 2.24) is 14.6 Å². The Bertz CT molecular complexity index is 374. The van der Waals surface area contributed by atoms with Gasteiger partial charge in [-0.2, -0.15) is 5.10 Å². The summed E-state index contributed by atoms with van der Waals surface area (Å²) in [7, 11) is 0. The van der Waals surface area contributed by atoms with Crippen molar-refractivity contribution in [2.24, 2.45) is 0 Å². The third-order valence-corrected chi connectivity index (χ3v) is 2.07. The number of fused-ring (bicyclic) bond motifs is 1. The fourth-order valence-corrected chi connectivity index (χ4v) is 1.31. The summed E-state index contributed by atoms with van der Waals surface area (Å²) in [4.78, 5) is 4.37. The summed E-state index contributed by atoms with van der Waals surface area (Å²) in [6.45, 7) is 3.15. The molecule has 0 aromatic carbocycles. The van der Waals surface area contributed by atoms with Gasteiger partial charge in [0.25, 0.3) is 0 Å². The molecule has 4 nitrogen and oxygen atoms in total. The van der Waals surface area contributed by atoms with Gasteiger partial charge in [0.15, 0.2) is 5.65 Å². The molecule has 0 radical (unpaired) electrons. The molecule has 2 rings (SSSR count). The fourth-order valence-electron chi connectivity index (χ4n) is 1.31. The molecule has 0 aliphatic heterocycles. The average Bonchev–Trinajstić information content (AvgIpc) is 2.60. The van der Waals surface area contributed by atoms with E-state index in [0.717, 1.165) is 18.0 Å². The van der Waals surface area contributed by atoms with Crippen LogP contribution < -0.4 is 5.32 Å². The number of anilines is 1. The maximum Gasteiger partial charge on any atom is 0.155 e. The number of rotatable bonds is 4. The maximum absolute atomic E-state index is 4.37. The van der Waals surface area contributed by atoms with E-state index in [0.29, 0.717) is 0 Å². The lowest BCUT2D eigenvalue weighted by Crippen LogP contribution is -2.00. The highest BCUT2D eigenvalue weighted by atomic mass is 15.3. The Labute approximate surface area is 83.0 Å². The van der Waals surface area contributed by atoms with Gasteiger partial charge in [0, 0.05) is 12.7 Å². The number of unbranched alkanes of at least 4 members (excludes halogenated alkanes) is 1. The molecule has 0 saturated carbocycles. The van der Waals surface area contributed by atoms with Crippen LogP contribution in [0.25, 0.3) is 5.65 Å². The highest BCUT2D eigenvalue weighted by molar-refractivity contribution is 5.47. The summed E-state index contributed by atoms with van der Waals surface area (Å²) >= 11 is 0. The third kappa shape index (κ3) is 1.84. The lowest BCUT2D eigenvalue weighted by molar-refractivity contribution is 0.831. The lowest BCUT2D eigenvalue weighted by Gasteiger charge is -1.98. The Kier molecular flexibility index (Phi) is 2.62. The van der Waals surface area contributed by atoms with Gasteiger partial charge in [0.05, 0.1) is 6.20 Å². The molecule has 0 aliphatic carbocycles. The quantitative estimate of drug-likeness (QED) is 0.749. The smallest absolute Gasteiger partial charge is 0.155 e. The monoisotopic (exact) mass is 190 g/mol. The van der Waals surface area contributed by atoms with Crippen LogP contribution in [0, 0.1) is 0 Å². The fraction of sp³-hybridized carbons (Fsp3) is 0.400. The van der Waals surface area contributed by atoms with Crippen molar-refractivity contribution in [3.63, 3.8) is 0 Å². The minimum atomic E-state index is 0.881. The van der Waals surface area contributed by atoms with E-state index in [-0.39, 0.29) is 0 Å². The van der Waals surface area contributed by atoms with Gasteiger partial charge in [-0.1, -0.05) is 13.3 Å². The zero-order chi connectivity index (χ0) is 9.80. The van der Waals surface area contributed by atoms with Crippen molar-refractivity contribution in [2.75, 3.05) is 11.9 Å². The number of aromatic nitrogens is 3. The molecular formula is C10H14N4. The van der Waals surface area contributed by atoms with Crippen molar-refractivity contribution in [3.8, 4) is 0 Å². The van der Waals surface area contributed by atoms with Gasteiger partial charge in [-0.15, -0.1) is 0 Å². The van der Waals surface area contributed by atoms with Gasteiger partial charge in [-0.05, 0) is 18.6 Å². The summed E-state index contributed by atoms with van der Waals surface area (Å²) in [6.07, 6.45) is 6.02. The van der Waals surface area contributed by atoms with Crippen LogP contribution in [0.4, 0.5) is 5.82 Å². The molecule has 2 aromatic rings. The van der Waals surface area contributed by atoms with Crippen molar-refractivity contribution in [3.05, 3.63) is 24.5 Å².